The van der Waals surface area contributed by atoms with E-state index in [-0.39, 0.29) is 5.41 Å². The summed E-state index contributed by atoms with van der Waals surface area (Å²) in [7, 11) is 0. The van der Waals surface area contributed by atoms with Gasteiger partial charge in [-0.15, -0.1) is 5.10 Å². The van der Waals surface area contributed by atoms with Gasteiger partial charge >= 0.3 is 0 Å². The summed E-state index contributed by atoms with van der Waals surface area (Å²) in [5.74, 6) is 0. The first-order chi connectivity index (χ1) is 17.6. The molecule has 4 aromatic rings. The van der Waals surface area contributed by atoms with Gasteiger partial charge in [0.15, 0.2) is 0 Å². The quantitative estimate of drug-likeness (QED) is 0.272. The van der Waals surface area contributed by atoms with Crippen molar-refractivity contribution >= 4 is 45.5 Å². The Balaban J connectivity index is 1.64. The van der Waals surface area contributed by atoms with E-state index in [0.717, 1.165) is 12.8 Å². The smallest absolute Gasteiger partial charge is 0.110 e. The number of fused-ring (bicyclic) bond motifs is 1. The molecule has 1 aliphatic carbocycles. The third-order valence-electron chi connectivity index (χ3n) is 5.94. The first-order valence-electron chi connectivity index (χ1n) is 12.3. The van der Waals surface area contributed by atoms with Crippen molar-refractivity contribution in [1.29, 1.82) is 5.26 Å². The van der Waals surface area contributed by atoms with E-state index in [0.29, 0.717) is 61.7 Å². The SMILES string of the molecule is [2H]C(Nc1cc(Cl)c2ncc(C#N)c(NCC(C)(C)C)c2c1)(c1cn(C2CC2)nn1)c1ccccc1Cl. The number of nitrogens with one attached hydrogen (secondary N) is 2. The number of aromatic nitrogens is 4. The Morgan fingerprint density at radius 2 is 2.00 bits per heavy atom. The highest BCUT2D eigenvalue weighted by Crippen LogP contribution is 2.38. The van der Waals surface area contributed by atoms with Crippen LogP contribution in [0.15, 0.2) is 48.8 Å². The summed E-state index contributed by atoms with van der Waals surface area (Å²) in [5.41, 5.74) is 3.13. The summed E-state index contributed by atoms with van der Waals surface area (Å²) in [6.45, 7) is 6.98. The van der Waals surface area contributed by atoms with Gasteiger partial charge in [-0.3, -0.25) is 4.98 Å². The minimum atomic E-state index is -1.55. The average Bonchev–Trinajstić information content (AvgIpc) is 3.57. The highest BCUT2D eigenvalue weighted by molar-refractivity contribution is 6.36. The molecule has 7 nitrogen and oxygen atoms in total. The fourth-order valence-corrected chi connectivity index (χ4v) is 4.45. The number of halogens is 2. The molecule has 0 bridgehead atoms. The molecule has 2 aromatic carbocycles. The lowest BCUT2D eigenvalue weighted by molar-refractivity contribution is 0.443. The number of nitrogens with zero attached hydrogens (tertiary/aromatic N) is 5. The molecule has 1 fully saturated rings. The summed E-state index contributed by atoms with van der Waals surface area (Å²) >= 11 is 13.3. The van der Waals surface area contributed by atoms with Gasteiger partial charge in [0.1, 0.15) is 11.8 Å². The molecule has 0 radical (unpaired) electrons. The second kappa shape index (κ2) is 9.61. The fraction of sp³-hybridized carbons (Fsp3) is 0.333. The van der Waals surface area contributed by atoms with Gasteiger partial charge in [-0.25, -0.2) is 4.68 Å². The molecule has 5 rings (SSSR count). The summed E-state index contributed by atoms with van der Waals surface area (Å²) in [4.78, 5) is 4.44. The van der Waals surface area contributed by atoms with E-state index in [4.69, 9.17) is 23.2 Å². The van der Waals surface area contributed by atoms with Gasteiger partial charge in [-0.05, 0) is 42.0 Å². The second-order valence-electron chi connectivity index (χ2n) is 10.2. The lowest BCUT2D eigenvalue weighted by Gasteiger charge is -2.22. The normalized spacial score (nSPS) is 15.7. The van der Waals surface area contributed by atoms with E-state index >= 15 is 0 Å². The first kappa shape index (κ1) is 23.1. The molecule has 36 heavy (non-hydrogen) atoms. The highest BCUT2D eigenvalue weighted by Gasteiger charge is 2.28. The van der Waals surface area contributed by atoms with Crippen molar-refractivity contribution in [2.24, 2.45) is 5.41 Å². The zero-order valence-electron chi connectivity index (χ0n) is 21.3. The van der Waals surface area contributed by atoms with E-state index in [2.05, 4.69) is 52.8 Å². The zero-order chi connectivity index (χ0) is 26.4. The number of hydrogen-bond acceptors (Lipinski definition) is 6. The van der Waals surface area contributed by atoms with E-state index in [1.807, 2.05) is 22.9 Å². The molecular weight excluding hydrogens is 493 g/mol. The van der Waals surface area contributed by atoms with E-state index in [1.165, 1.54) is 6.20 Å². The number of hydrogen-bond donors (Lipinski definition) is 2. The minimum Gasteiger partial charge on any atom is -0.383 e. The van der Waals surface area contributed by atoms with Gasteiger partial charge in [0, 0.05) is 28.8 Å². The lowest BCUT2D eigenvalue weighted by atomic mass is 9.96. The van der Waals surface area contributed by atoms with E-state index < -0.39 is 6.02 Å². The Kier molecular flexibility index (Phi) is 6.16. The minimum absolute atomic E-state index is 0.0181. The second-order valence-corrected chi connectivity index (χ2v) is 11.0. The molecule has 1 atom stereocenters. The zero-order valence-corrected chi connectivity index (χ0v) is 21.8. The molecule has 0 aliphatic heterocycles. The maximum absolute atomic E-state index is 9.77. The summed E-state index contributed by atoms with van der Waals surface area (Å²) < 4.78 is 11.4. The van der Waals surface area contributed by atoms with Gasteiger partial charge < -0.3 is 10.6 Å². The van der Waals surface area contributed by atoms with Gasteiger partial charge in [-0.1, -0.05) is 67.4 Å². The predicted molar refractivity (Wildman–Crippen MR) is 145 cm³/mol. The molecule has 2 heterocycles. The molecule has 9 heteroatoms. The van der Waals surface area contributed by atoms with E-state index in [9.17, 15) is 6.63 Å². The van der Waals surface area contributed by atoms with Crippen LogP contribution < -0.4 is 10.6 Å². The van der Waals surface area contributed by atoms with Crippen LogP contribution in [-0.2, 0) is 0 Å². The number of nitriles is 1. The maximum atomic E-state index is 9.77. The van der Waals surface area contributed by atoms with Crippen LogP contribution in [0.1, 0.15) is 63.9 Å². The van der Waals surface area contributed by atoms with E-state index in [1.54, 1.807) is 24.4 Å². The Hall–Kier alpha value is -3.34. The van der Waals surface area contributed by atoms with Crippen LogP contribution in [0.3, 0.4) is 0 Å². The standard InChI is InChI=1S/C27H27Cl2N7/c1-27(2,3)15-32-24-16(12-30)13-31-25-20(24)10-17(11-22(25)29)33-26(19-6-4-5-7-21(19)28)23-14-36(35-34-23)18-8-9-18/h4-7,10-11,13-14,18,26,33H,8-9,15H2,1-3H3,(H,31,32)/i26D. The molecule has 2 aromatic heterocycles. The molecule has 1 aliphatic rings. The van der Waals surface area contributed by atoms with Crippen molar-refractivity contribution < 1.29 is 1.37 Å². The molecule has 0 amide bonds. The van der Waals surface area contributed by atoms with Crippen LogP contribution >= 0.6 is 23.2 Å². The number of rotatable bonds is 7. The van der Waals surface area contributed by atoms with Crippen LogP contribution in [-0.4, -0.2) is 26.5 Å². The number of benzene rings is 2. The Bertz CT molecular complexity index is 1520. The monoisotopic (exact) mass is 520 g/mol. The summed E-state index contributed by atoms with van der Waals surface area (Å²) in [6, 6.07) is 11.8. The van der Waals surface area contributed by atoms with Crippen LogP contribution in [0.25, 0.3) is 10.9 Å². The van der Waals surface area contributed by atoms with Crippen LogP contribution in [0.2, 0.25) is 10.0 Å². The van der Waals surface area contributed by atoms with Crippen molar-refractivity contribution in [2.45, 2.75) is 45.7 Å². The summed E-state index contributed by atoms with van der Waals surface area (Å²) in [5, 5.41) is 26.6. The van der Waals surface area contributed by atoms with Crippen LogP contribution in [0.4, 0.5) is 11.4 Å². The molecule has 0 saturated heterocycles. The van der Waals surface area contributed by atoms with Crippen molar-refractivity contribution in [3.8, 4) is 6.07 Å². The van der Waals surface area contributed by atoms with Crippen molar-refractivity contribution in [3.63, 3.8) is 0 Å². The molecular formula is C27H27Cl2N7. The molecule has 184 valence electrons. The van der Waals surface area contributed by atoms with Crippen molar-refractivity contribution in [1.82, 2.24) is 20.0 Å². The maximum Gasteiger partial charge on any atom is 0.110 e. The largest absolute Gasteiger partial charge is 0.383 e. The third kappa shape index (κ3) is 5.11. The van der Waals surface area contributed by atoms with Crippen LogP contribution in [0.5, 0.6) is 0 Å². The van der Waals surface area contributed by atoms with Crippen molar-refractivity contribution in [3.05, 3.63) is 75.7 Å². The van der Waals surface area contributed by atoms with Gasteiger partial charge in [0.05, 0.1) is 41.4 Å². The summed E-state index contributed by atoms with van der Waals surface area (Å²) in [6.07, 6.45) is 5.43. The van der Waals surface area contributed by atoms with Gasteiger partial charge in [-0.2, -0.15) is 5.26 Å². The third-order valence-corrected chi connectivity index (χ3v) is 6.56. The number of pyridine rings is 1. The Morgan fingerprint density at radius 3 is 2.69 bits per heavy atom. The van der Waals surface area contributed by atoms with Gasteiger partial charge in [0.25, 0.3) is 0 Å². The highest BCUT2D eigenvalue weighted by atomic mass is 35.5. The molecule has 1 unspecified atom stereocenters. The van der Waals surface area contributed by atoms with Crippen LogP contribution in [0, 0.1) is 16.7 Å². The molecule has 2 N–H and O–H groups in total. The first-order valence-corrected chi connectivity index (χ1v) is 12.6. The lowest BCUT2D eigenvalue weighted by Crippen LogP contribution is -2.20. The average molecular weight is 521 g/mol. The Morgan fingerprint density at radius 1 is 1.22 bits per heavy atom. The van der Waals surface area contributed by atoms with Crippen molar-refractivity contribution in [2.75, 3.05) is 17.2 Å². The molecule has 1 saturated carbocycles. The fourth-order valence-electron chi connectivity index (χ4n) is 3.95. The molecule has 0 spiro atoms. The topological polar surface area (TPSA) is 91.5 Å². The Labute approximate surface area is 221 Å². The predicted octanol–water partition coefficient (Wildman–Crippen LogP) is 7.00. The van der Waals surface area contributed by atoms with Gasteiger partial charge in [0.2, 0.25) is 0 Å². The number of anilines is 2.